The van der Waals surface area contributed by atoms with E-state index in [2.05, 4.69) is 91.0 Å². The molecule has 1 aliphatic heterocycles. The minimum Gasteiger partial charge on any atom is -0.139 e. The van der Waals surface area contributed by atoms with Crippen molar-refractivity contribution in [1.29, 1.82) is 0 Å². The fraction of sp³-hybridized carbons (Fsp3) is 0.0769. The standard InChI is InChI=1S/C26H18S2/c1-3-7-19-13-21(11-9-17(19)5-1)23-15-25-26(27-23)16-24(28-25)22-12-10-18-6-2-4-8-20(18)14-22/h1-15,24H,16H2. The summed E-state index contributed by atoms with van der Waals surface area (Å²) in [4.78, 5) is 4.39. The van der Waals surface area contributed by atoms with E-state index >= 15 is 0 Å². The van der Waals surface area contributed by atoms with Crippen LogP contribution in [-0.4, -0.2) is 0 Å². The predicted molar refractivity (Wildman–Crippen MR) is 124 cm³/mol. The van der Waals surface area contributed by atoms with Crippen molar-refractivity contribution in [2.45, 2.75) is 16.6 Å². The Labute approximate surface area is 172 Å². The van der Waals surface area contributed by atoms with Crippen LogP contribution >= 0.6 is 23.1 Å². The Bertz CT molecular complexity index is 1310. The van der Waals surface area contributed by atoms with E-state index in [4.69, 9.17) is 0 Å². The van der Waals surface area contributed by atoms with E-state index in [0.29, 0.717) is 5.25 Å². The Morgan fingerprint density at radius 3 is 2.07 bits per heavy atom. The lowest BCUT2D eigenvalue weighted by Crippen LogP contribution is -1.91. The Morgan fingerprint density at radius 1 is 0.643 bits per heavy atom. The van der Waals surface area contributed by atoms with Crippen LogP contribution < -0.4 is 0 Å². The van der Waals surface area contributed by atoms with Gasteiger partial charge in [0.15, 0.2) is 0 Å². The summed E-state index contributed by atoms with van der Waals surface area (Å²) in [5.74, 6) is 0. The second-order valence-corrected chi connectivity index (χ2v) is 9.76. The first-order valence-corrected chi connectivity index (χ1v) is 11.3. The van der Waals surface area contributed by atoms with Crippen molar-refractivity contribution in [3.05, 3.63) is 101 Å². The van der Waals surface area contributed by atoms with Gasteiger partial charge in [-0.3, -0.25) is 0 Å². The molecular weight excluding hydrogens is 376 g/mol. The molecule has 2 heteroatoms. The summed E-state index contributed by atoms with van der Waals surface area (Å²) >= 11 is 3.99. The molecule has 0 radical (unpaired) electrons. The summed E-state index contributed by atoms with van der Waals surface area (Å²) in [6.45, 7) is 0. The normalized spacial score (nSPS) is 15.9. The van der Waals surface area contributed by atoms with Crippen molar-refractivity contribution in [1.82, 2.24) is 0 Å². The van der Waals surface area contributed by atoms with Gasteiger partial charge in [-0.1, -0.05) is 78.9 Å². The maximum atomic E-state index is 2.40. The van der Waals surface area contributed by atoms with Gasteiger partial charge >= 0.3 is 0 Å². The van der Waals surface area contributed by atoms with Crippen LogP contribution in [0.2, 0.25) is 0 Å². The van der Waals surface area contributed by atoms with Gasteiger partial charge < -0.3 is 0 Å². The van der Waals surface area contributed by atoms with E-state index in [1.165, 1.54) is 47.3 Å². The van der Waals surface area contributed by atoms with Crippen molar-refractivity contribution >= 4 is 44.6 Å². The minimum absolute atomic E-state index is 0.538. The van der Waals surface area contributed by atoms with Gasteiger partial charge in [-0.05, 0) is 51.2 Å². The van der Waals surface area contributed by atoms with Gasteiger partial charge in [0.2, 0.25) is 0 Å². The van der Waals surface area contributed by atoms with Crippen LogP contribution in [0.15, 0.2) is 95.9 Å². The van der Waals surface area contributed by atoms with E-state index in [-0.39, 0.29) is 0 Å². The molecule has 0 fully saturated rings. The van der Waals surface area contributed by atoms with Gasteiger partial charge in [-0.15, -0.1) is 23.1 Å². The van der Waals surface area contributed by atoms with E-state index in [9.17, 15) is 0 Å². The van der Waals surface area contributed by atoms with E-state index < -0.39 is 0 Å². The maximum absolute atomic E-state index is 2.40. The quantitative estimate of drug-likeness (QED) is 0.291. The minimum atomic E-state index is 0.538. The summed E-state index contributed by atoms with van der Waals surface area (Å²) in [6.07, 6.45) is 1.14. The highest BCUT2D eigenvalue weighted by Gasteiger charge is 2.26. The van der Waals surface area contributed by atoms with Crippen LogP contribution in [0.5, 0.6) is 0 Å². The third kappa shape index (κ3) is 2.76. The smallest absolute Gasteiger partial charge is 0.0393 e. The fourth-order valence-corrected chi connectivity index (χ4v) is 6.88. The molecule has 0 saturated carbocycles. The Morgan fingerprint density at radius 2 is 1.32 bits per heavy atom. The highest BCUT2D eigenvalue weighted by Crippen LogP contribution is 2.51. The van der Waals surface area contributed by atoms with Crippen molar-refractivity contribution in [2.24, 2.45) is 0 Å². The molecule has 134 valence electrons. The average molecular weight is 395 g/mol. The second-order valence-electron chi connectivity index (χ2n) is 7.38. The van der Waals surface area contributed by atoms with Gasteiger partial charge in [0.05, 0.1) is 0 Å². The van der Waals surface area contributed by atoms with E-state index in [1.54, 1.807) is 0 Å². The lowest BCUT2D eigenvalue weighted by molar-refractivity contribution is 0.972. The van der Waals surface area contributed by atoms with Crippen molar-refractivity contribution in [3.8, 4) is 10.4 Å². The topological polar surface area (TPSA) is 0 Å². The third-order valence-corrected chi connectivity index (χ3v) is 8.27. The maximum Gasteiger partial charge on any atom is 0.0393 e. The molecule has 0 aliphatic carbocycles. The molecule has 0 bridgehead atoms. The lowest BCUT2D eigenvalue weighted by Gasteiger charge is -2.10. The van der Waals surface area contributed by atoms with Crippen LogP contribution in [0.4, 0.5) is 0 Å². The first kappa shape index (κ1) is 16.4. The number of hydrogen-bond acceptors (Lipinski definition) is 2. The highest BCUT2D eigenvalue weighted by atomic mass is 32.2. The molecule has 0 N–H and O–H groups in total. The van der Waals surface area contributed by atoms with Crippen molar-refractivity contribution in [2.75, 3.05) is 0 Å². The summed E-state index contributed by atoms with van der Waals surface area (Å²) in [7, 11) is 0. The van der Waals surface area contributed by atoms with Crippen LogP contribution in [0.1, 0.15) is 15.7 Å². The molecule has 1 atom stereocenters. The third-order valence-electron chi connectivity index (χ3n) is 5.59. The molecule has 0 spiro atoms. The molecule has 1 aromatic heterocycles. The molecule has 4 aromatic carbocycles. The first-order chi connectivity index (χ1) is 13.8. The molecule has 28 heavy (non-hydrogen) atoms. The summed E-state index contributed by atoms with van der Waals surface area (Å²) in [5, 5.41) is 5.82. The fourth-order valence-electron chi connectivity index (χ4n) is 4.10. The van der Waals surface area contributed by atoms with Crippen LogP contribution in [0, 0.1) is 0 Å². The first-order valence-electron chi connectivity index (χ1n) is 9.61. The molecule has 0 nitrogen and oxygen atoms in total. The Hall–Kier alpha value is -2.55. The molecule has 0 amide bonds. The highest BCUT2D eigenvalue weighted by molar-refractivity contribution is 8.00. The van der Waals surface area contributed by atoms with Gasteiger partial charge in [0.1, 0.15) is 0 Å². The van der Waals surface area contributed by atoms with Crippen LogP contribution in [0.25, 0.3) is 32.0 Å². The zero-order chi connectivity index (χ0) is 18.5. The van der Waals surface area contributed by atoms with Crippen molar-refractivity contribution < 1.29 is 0 Å². The summed E-state index contributed by atoms with van der Waals surface area (Å²) < 4.78 is 0. The number of hydrogen-bond donors (Lipinski definition) is 0. The largest absolute Gasteiger partial charge is 0.139 e. The van der Waals surface area contributed by atoms with Crippen molar-refractivity contribution in [3.63, 3.8) is 0 Å². The monoisotopic (exact) mass is 394 g/mol. The molecule has 2 heterocycles. The van der Waals surface area contributed by atoms with Gasteiger partial charge in [0, 0.05) is 19.9 Å². The molecule has 0 saturated heterocycles. The zero-order valence-electron chi connectivity index (χ0n) is 15.3. The Balaban J connectivity index is 1.30. The average Bonchev–Trinajstić information content (AvgIpc) is 3.32. The van der Waals surface area contributed by atoms with Gasteiger partial charge in [-0.25, -0.2) is 0 Å². The van der Waals surface area contributed by atoms with E-state index in [1.807, 2.05) is 23.1 Å². The Kier molecular flexibility index (Phi) is 3.81. The number of rotatable bonds is 2. The number of thioether (sulfide) groups is 1. The number of benzene rings is 4. The SMILES string of the molecule is c1ccc2cc(-c3cc4c(s3)CC(c3ccc5ccccc5c3)S4)ccc2c1. The molecule has 1 aliphatic rings. The lowest BCUT2D eigenvalue weighted by atomic mass is 10.0. The van der Waals surface area contributed by atoms with E-state index in [0.717, 1.165) is 6.42 Å². The molecule has 5 aromatic rings. The van der Waals surface area contributed by atoms with Crippen LogP contribution in [-0.2, 0) is 6.42 Å². The summed E-state index contributed by atoms with van der Waals surface area (Å²) in [6, 6.07) is 33.4. The number of thiophene rings is 1. The predicted octanol–water partition coefficient (Wildman–Crippen LogP) is 8.11. The number of fused-ring (bicyclic) bond motifs is 3. The zero-order valence-corrected chi connectivity index (χ0v) is 16.9. The van der Waals surface area contributed by atoms with Crippen LogP contribution in [0.3, 0.4) is 0 Å². The molecular formula is C26H18S2. The summed E-state index contributed by atoms with van der Waals surface area (Å²) in [5.41, 5.74) is 2.78. The van der Waals surface area contributed by atoms with Gasteiger partial charge in [-0.2, -0.15) is 0 Å². The van der Waals surface area contributed by atoms with Gasteiger partial charge in [0.25, 0.3) is 0 Å². The molecule has 6 rings (SSSR count). The second kappa shape index (κ2) is 6.51. The molecule has 1 unspecified atom stereocenters.